The van der Waals surface area contributed by atoms with Crippen LogP contribution in [0.5, 0.6) is 11.5 Å². The average Bonchev–Trinajstić information content (AvgIpc) is 3.26. The molecule has 4 rings (SSSR count). The van der Waals surface area contributed by atoms with Crippen molar-refractivity contribution in [3.8, 4) is 22.9 Å². The first kappa shape index (κ1) is 15.6. The molecule has 0 amide bonds. The summed E-state index contributed by atoms with van der Waals surface area (Å²) in [6.45, 7) is 0. The summed E-state index contributed by atoms with van der Waals surface area (Å²) in [6, 6.07) is 14.2. The van der Waals surface area contributed by atoms with Gasteiger partial charge in [0.25, 0.3) is 0 Å². The molecule has 1 saturated carbocycles. The smallest absolute Gasteiger partial charge is 0.337 e. The SMILES string of the molecule is O=c1n(-c2ccc(O)cc2)ccn1-c1ccc(OC2CCCC2)cc1. The van der Waals surface area contributed by atoms with E-state index in [0.717, 1.165) is 24.3 Å². The number of rotatable bonds is 4. The number of imidazole rings is 1. The number of phenols is 1. The van der Waals surface area contributed by atoms with Gasteiger partial charge in [0, 0.05) is 12.4 Å². The highest BCUT2D eigenvalue weighted by Gasteiger charge is 2.16. The first-order valence-corrected chi connectivity index (χ1v) is 8.57. The van der Waals surface area contributed by atoms with Crippen LogP contribution in [0.4, 0.5) is 0 Å². The zero-order chi connectivity index (χ0) is 17.2. The summed E-state index contributed by atoms with van der Waals surface area (Å²) in [6.07, 6.45) is 8.50. The molecule has 0 bridgehead atoms. The Morgan fingerprint density at radius 2 is 1.36 bits per heavy atom. The topological polar surface area (TPSA) is 56.4 Å². The minimum atomic E-state index is -0.157. The predicted octanol–water partition coefficient (Wildman–Crippen LogP) is 3.66. The Morgan fingerprint density at radius 1 is 0.840 bits per heavy atom. The van der Waals surface area contributed by atoms with Crippen molar-refractivity contribution in [1.29, 1.82) is 0 Å². The number of hydrogen-bond acceptors (Lipinski definition) is 3. The Bertz CT molecular complexity index is 901. The lowest BCUT2D eigenvalue weighted by molar-refractivity contribution is 0.210. The molecule has 0 unspecified atom stereocenters. The summed E-state index contributed by atoms with van der Waals surface area (Å²) in [5, 5.41) is 9.38. The monoisotopic (exact) mass is 336 g/mol. The summed E-state index contributed by atoms with van der Waals surface area (Å²) in [5.74, 6) is 1.02. The van der Waals surface area contributed by atoms with Gasteiger partial charge in [-0.2, -0.15) is 0 Å². The third-order valence-electron chi connectivity index (χ3n) is 4.62. The number of aromatic hydroxyl groups is 1. The molecule has 2 aromatic carbocycles. The van der Waals surface area contributed by atoms with Gasteiger partial charge in [-0.25, -0.2) is 4.79 Å². The second-order valence-electron chi connectivity index (χ2n) is 6.36. The highest BCUT2D eigenvalue weighted by molar-refractivity contribution is 5.40. The molecule has 0 aliphatic heterocycles. The number of phenolic OH excluding ortho intramolecular Hbond substituents is 1. The van der Waals surface area contributed by atoms with Crippen molar-refractivity contribution in [3.05, 3.63) is 71.4 Å². The van der Waals surface area contributed by atoms with Crippen molar-refractivity contribution in [2.45, 2.75) is 31.8 Å². The molecule has 1 N–H and O–H groups in total. The van der Waals surface area contributed by atoms with Gasteiger partial charge in [-0.15, -0.1) is 0 Å². The molecule has 0 saturated heterocycles. The van der Waals surface area contributed by atoms with Crippen LogP contribution in [0.25, 0.3) is 11.4 Å². The molecule has 0 spiro atoms. The van der Waals surface area contributed by atoms with E-state index >= 15 is 0 Å². The Morgan fingerprint density at radius 3 is 1.92 bits per heavy atom. The van der Waals surface area contributed by atoms with Crippen LogP contribution in [0.3, 0.4) is 0 Å². The molecule has 1 aliphatic carbocycles. The fraction of sp³-hybridized carbons (Fsp3) is 0.250. The zero-order valence-corrected chi connectivity index (χ0v) is 13.8. The van der Waals surface area contributed by atoms with Gasteiger partial charge in [0.05, 0.1) is 17.5 Å². The Balaban J connectivity index is 1.57. The fourth-order valence-electron chi connectivity index (χ4n) is 3.27. The van der Waals surface area contributed by atoms with Gasteiger partial charge < -0.3 is 9.84 Å². The van der Waals surface area contributed by atoms with Crippen LogP contribution in [0.2, 0.25) is 0 Å². The van der Waals surface area contributed by atoms with Crippen LogP contribution in [0.15, 0.2) is 65.7 Å². The predicted molar refractivity (Wildman–Crippen MR) is 95.9 cm³/mol. The normalized spacial score (nSPS) is 14.7. The highest BCUT2D eigenvalue weighted by atomic mass is 16.5. The molecule has 1 fully saturated rings. The average molecular weight is 336 g/mol. The molecular weight excluding hydrogens is 316 g/mol. The van der Waals surface area contributed by atoms with Crippen LogP contribution in [0, 0.1) is 0 Å². The first-order chi connectivity index (χ1) is 12.2. The molecule has 25 heavy (non-hydrogen) atoms. The third-order valence-corrected chi connectivity index (χ3v) is 4.62. The third kappa shape index (κ3) is 3.18. The van der Waals surface area contributed by atoms with Gasteiger partial charge in [-0.05, 0) is 74.2 Å². The van der Waals surface area contributed by atoms with Crippen molar-refractivity contribution in [3.63, 3.8) is 0 Å². The number of aromatic nitrogens is 2. The van der Waals surface area contributed by atoms with E-state index in [4.69, 9.17) is 4.74 Å². The van der Waals surface area contributed by atoms with Crippen LogP contribution in [0.1, 0.15) is 25.7 Å². The Kier molecular flexibility index (Phi) is 4.06. The molecule has 128 valence electrons. The van der Waals surface area contributed by atoms with E-state index in [1.807, 2.05) is 24.3 Å². The molecular formula is C20H20N2O3. The molecule has 3 aromatic rings. The van der Waals surface area contributed by atoms with Crippen molar-refractivity contribution in [1.82, 2.24) is 9.13 Å². The van der Waals surface area contributed by atoms with E-state index in [1.54, 1.807) is 45.8 Å². The zero-order valence-electron chi connectivity index (χ0n) is 13.8. The van der Waals surface area contributed by atoms with E-state index < -0.39 is 0 Å². The standard InChI is InChI=1S/C20H20N2O3/c23-17-9-5-15(6-10-17)21-13-14-22(20(21)24)16-7-11-19(12-8-16)25-18-3-1-2-4-18/h5-14,18,23H,1-4H2. The van der Waals surface area contributed by atoms with Gasteiger partial charge in [0.1, 0.15) is 11.5 Å². The van der Waals surface area contributed by atoms with E-state index in [2.05, 4.69) is 0 Å². The number of benzene rings is 2. The van der Waals surface area contributed by atoms with Crippen LogP contribution < -0.4 is 10.4 Å². The summed E-state index contributed by atoms with van der Waals surface area (Å²) in [5.41, 5.74) is 1.35. The summed E-state index contributed by atoms with van der Waals surface area (Å²) in [7, 11) is 0. The van der Waals surface area contributed by atoms with E-state index in [9.17, 15) is 9.90 Å². The lowest BCUT2D eigenvalue weighted by atomic mass is 10.2. The molecule has 1 heterocycles. The molecule has 1 aromatic heterocycles. The molecule has 0 atom stereocenters. The largest absolute Gasteiger partial charge is 0.508 e. The van der Waals surface area contributed by atoms with Gasteiger partial charge >= 0.3 is 5.69 Å². The van der Waals surface area contributed by atoms with Crippen molar-refractivity contribution in [2.24, 2.45) is 0 Å². The number of nitrogens with zero attached hydrogens (tertiary/aromatic N) is 2. The fourth-order valence-corrected chi connectivity index (χ4v) is 3.27. The van der Waals surface area contributed by atoms with Gasteiger partial charge in [0.15, 0.2) is 0 Å². The van der Waals surface area contributed by atoms with Crippen molar-refractivity contribution in [2.75, 3.05) is 0 Å². The van der Waals surface area contributed by atoms with Crippen LogP contribution >= 0.6 is 0 Å². The quantitative estimate of drug-likeness (QED) is 0.791. The highest BCUT2D eigenvalue weighted by Crippen LogP contribution is 2.24. The maximum atomic E-state index is 12.7. The summed E-state index contributed by atoms with van der Waals surface area (Å²) in [4.78, 5) is 12.7. The lowest BCUT2D eigenvalue weighted by Crippen LogP contribution is -2.21. The Hall–Kier alpha value is -2.95. The van der Waals surface area contributed by atoms with Crippen molar-refractivity contribution < 1.29 is 9.84 Å². The number of ether oxygens (including phenoxy) is 1. The summed E-state index contributed by atoms with van der Waals surface area (Å²) >= 11 is 0. The van der Waals surface area contributed by atoms with E-state index in [1.165, 1.54) is 12.8 Å². The van der Waals surface area contributed by atoms with E-state index in [-0.39, 0.29) is 11.4 Å². The molecule has 1 aliphatic rings. The van der Waals surface area contributed by atoms with Gasteiger partial charge in [0.2, 0.25) is 0 Å². The lowest BCUT2D eigenvalue weighted by Gasteiger charge is -2.13. The van der Waals surface area contributed by atoms with E-state index in [0.29, 0.717) is 11.8 Å². The summed E-state index contributed by atoms with van der Waals surface area (Å²) < 4.78 is 9.10. The second-order valence-corrected chi connectivity index (χ2v) is 6.36. The van der Waals surface area contributed by atoms with Gasteiger partial charge in [-0.1, -0.05) is 0 Å². The number of hydrogen-bond donors (Lipinski definition) is 1. The Labute approximate surface area is 145 Å². The minimum Gasteiger partial charge on any atom is -0.508 e. The van der Waals surface area contributed by atoms with Crippen LogP contribution in [-0.2, 0) is 0 Å². The molecule has 5 heteroatoms. The van der Waals surface area contributed by atoms with Crippen LogP contribution in [-0.4, -0.2) is 20.3 Å². The first-order valence-electron chi connectivity index (χ1n) is 8.57. The van der Waals surface area contributed by atoms with Crippen molar-refractivity contribution >= 4 is 0 Å². The maximum Gasteiger partial charge on any atom is 0.337 e. The second kappa shape index (κ2) is 6.51. The minimum absolute atomic E-state index is 0.157. The maximum absolute atomic E-state index is 12.7. The van der Waals surface area contributed by atoms with Gasteiger partial charge in [-0.3, -0.25) is 9.13 Å². The molecule has 0 radical (unpaired) electrons. The molecule has 5 nitrogen and oxygen atoms in total.